The Bertz CT molecular complexity index is 1600. The average molecular weight is 489 g/mol. The van der Waals surface area contributed by atoms with Crippen molar-refractivity contribution in [1.29, 1.82) is 0 Å². The quantitative estimate of drug-likeness (QED) is 0.386. The third kappa shape index (κ3) is 4.57. The van der Waals surface area contributed by atoms with Crippen molar-refractivity contribution in [2.75, 3.05) is 12.4 Å². The first kappa shape index (κ1) is 22.2. The van der Waals surface area contributed by atoms with E-state index in [0.717, 1.165) is 0 Å². The number of carbonyl (C=O) groups is 1. The molecule has 0 saturated carbocycles. The highest BCUT2D eigenvalue weighted by atomic mass is 35.5. The number of anilines is 1. The number of tetrazole rings is 1. The number of fused-ring (bicyclic) bond motifs is 1. The van der Waals surface area contributed by atoms with Gasteiger partial charge in [-0.2, -0.15) is 4.68 Å². The molecule has 12 heteroatoms. The molecule has 3 aromatic heterocycles. The molecule has 2 aromatic carbocycles. The topological polar surface area (TPSA) is 130 Å². The van der Waals surface area contributed by atoms with Gasteiger partial charge in [-0.3, -0.25) is 19.6 Å². The zero-order valence-corrected chi connectivity index (χ0v) is 19.0. The van der Waals surface area contributed by atoms with Crippen molar-refractivity contribution in [3.8, 4) is 22.6 Å². The smallest absolute Gasteiger partial charge is 0.251 e. The molecule has 0 bridgehead atoms. The van der Waals surface area contributed by atoms with Gasteiger partial charge in [-0.25, -0.2) is 0 Å². The summed E-state index contributed by atoms with van der Waals surface area (Å²) in [7, 11) is 1.48. The third-order valence-electron chi connectivity index (χ3n) is 5.22. The summed E-state index contributed by atoms with van der Waals surface area (Å²) in [6.07, 6.45) is 6.09. The molecule has 0 saturated heterocycles. The van der Waals surface area contributed by atoms with E-state index in [1.807, 2.05) is 0 Å². The van der Waals surface area contributed by atoms with Crippen LogP contribution in [-0.4, -0.2) is 47.8 Å². The van der Waals surface area contributed by atoms with Crippen molar-refractivity contribution in [1.82, 2.24) is 34.7 Å². The maximum atomic E-state index is 13.0. The Morgan fingerprint density at radius 3 is 2.66 bits per heavy atom. The molecule has 174 valence electrons. The van der Waals surface area contributed by atoms with Crippen LogP contribution >= 0.6 is 11.6 Å². The summed E-state index contributed by atoms with van der Waals surface area (Å²) in [5, 5.41) is 14.5. The molecule has 3 heterocycles. The van der Waals surface area contributed by atoms with Gasteiger partial charge in [0.1, 0.15) is 18.6 Å². The minimum absolute atomic E-state index is 0.219. The van der Waals surface area contributed by atoms with Crippen LogP contribution in [0.25, 0.3) is 27.8 Å². The van der Waals surface area contributed by atoms with Crippen LogP contribution in [0.15, 0.2) is 72.2 Å². The molecule has 0 atom stereocenters. The molecule has 0 aliphatic carbocycles. The monoisotopic (exact) mass is 488 g/mol. The van der Waals surface area contributed by atoms with E-state index in [2.05, 4.69) is 30.8 Å². The van der Waals surface area contributed by atoms with Crippen molar-refractivity contribution in [3.63, 3.8) is 0 Å². The molecule has 0 spiro atoms. The molecule has 0 aliphatic heterocycles. The number of hydrogen-bond donors (Lipinski definition) is 1. The summed E-state index contributed by atoms with van der Waals surface area (Å²) in [5.41, 5.74) is 3.18. The van der Waals surface area contributed by atoms with Gasteiger partial charge in [-0.1, -0.05) is 11.6 Å². The molecule has 1 amide bonds. The number of nitrogens with one attached hydrogen (secondary N) is 1. The van der Waals surface area contributed by atoms with Gasteiger partial charge < -0.3 is 14.6 Å². The van der Waals surface area contributed by atoms with Crippen LogP contribution < -0.4 is 15.6 Å². The number of amides is 1. The summed E-state index contributed by atoms with van der Waals surface area (Å²) < 4.78 is 8.27. The lowest BCUT2D eigenvalue weighted by Crippen LogP contribution is -2.27. The molecule has 35 heavy (non-hydrogen) atoms. The fourth-order valence-corrected chi connectivity index (χ4v) is 3.81. The highest BCUT2D eigenvalue weighted by molar-refractivity contribution is 6.31. The largest absolute Gasteiger partial charge is 0.495 e. The number of halogens is 1. The van der Waals surface area contributed by atoms with Gasteiger partial charge >= 0.3 is 0 Å². The number of rotatable bonds is 6. The Hall–Kier alpha value is -4.64. The molecule has 0 fully saturated rings. The second-order valence-electron chi connectivity index (χ2n) is 7.45. The van der Waals surface area contributed by atoms with Crippen molar-refractivity contribution in [2.45, 2.75) is 6.54 Å². The summed E-state index contributed by atoms with van der Waals surface area (Å²) in [5.74, 6) is -0.0164. The Morgan fingerprint density at radius 2 is 1.89 bits per heavy atom. The Morgan fingerprint density at radius 1 is 1.06 bits per heavy atom. The van der Waals surface area contributed by atoms with E-state index in [-0.39, 0.29) is 12.5 Å². The molecule has 1 N–H and O–H groups in total. The molecule has 0 unspecified atom stereocenters. The lowest BCUT2D eigenvalue weighted by Gasteiger charge is -2.15. The van der Waals surface area contributed by atoms with Gasteiger partial charge in [0.05, 0.1) is 30.0 Å². The van der Waals surface area contributed by atoms with Crippen LogP contribution in [0.5, 0.6) is 5.75 Å². The average Bonchev–Trinajstić information content (AvgIpc) is 3.39. The predicted molar refractivity (Wildman–Crippen MR) is 129 cm³/mol. The number of aromatic nitrogens is 7. The number of benzene rings is 2. The third-order valence-corrected chi connectivity index (χ3v) is 5.46. The number of hydrogen-bond acceptors (Lipinski definition) is 8. The molecule has 5 aromatic rings. The predicted octanol–water partition coefficient (Wildman–Crippen LogP) is 2.73. The van der Waals surface area contributed by atoms with Crippen LogP contribution in [0.1, 0.15) is 0 Å². The zero-order valence-electron chi connectivity index (χ0n) is 18.3. The first-order valence-corrected chi connectivity index (χ1v) is 10.7. The maximum Gasteiger partial charge on any atom is 0.251 e. The van der Waals surface area contributed by atoms with Crippen LogP contribution in [0.4, 0.5) is 5.69 Å². The standard InChI is InChI=1S/C23H17ClN8O3/c1-35-21-11-31(12-22(33)28-15-3-4-18-19(9-15)26-7-6-25-18)23(34)10-17(21)16-8-14(24)2-5-20(16)32-13-27-29-30-32/h2-11,13H,12H2,1H3,(H,28,33). The lowest BCUT2D eigenvalue weighted by atomic mass is 10.0. The van der Waals surface area contributed by atoms with Gasteiger partial charge in [0, 0.05) is 40.3 Å². The number of pyridine rings is 1. The van der Waals surface area contributed by atoms with E-state index in [1.165, 1.54) is 34.9 Å². The Balaban J connectivity index is 1.45. The van der Waals surface area contributed by atoms with E-state index in [4.69, 9.17) is 16.3 Å². The highest BCUT2D eigenvalue weighted by Gasteiger charge is 2.17. The van der Waals surface area contributed by atoms with Crippen molar-refractivity contribution < 1.29 is 9.53 Å². The Labute approximate surface area is 203 Å². The Kier molecular flexibility index (Phi) is 5.90. The van der Waals surface area contributed by atoms with Crippen molar-refractivity contribution in [3.05, 3.63) is 82.8 Å². The van der Waals surface area contributed by atoms with Gasteiger partial charge in [-0.05, 0) is 46.8 Å². The van der Waals surface area contributed by atoms with Gasteiger partial charge in [0.15, 0.2) is 0 Å². The van der Waals surface area contributed by atoms with Crippen LogP contribution in [-0.2, 0) is 11.3 Å². The van der Waals surface area contributed by atoms with E-state index < -0.39 is 5.56 Å². The van der Waals surface area contributed by atoms with Crippen molar-refractivity contribution >= 4 is 34.2 Å². The van der Waals surface area contributed by atoms with Crippen LogP contribution in [0.3, 0.4) is 0 Å². The number of methoxy groups -OCH3 is 1. The van der Waals surface area contributed by atoms with E-state index in [0.29, 0.717) is 44.3 Å². The van der Waals surface area contributed by atoms with Crippen molar-refractivity contribution in [2.24, 2.45) is 0 Å². The minimum Gasteiger partial charge on any atom is -0.495 e. The summed E-state index contributed by atoms with van der Waals surface area (Å²) in [6, 6.07) is 11.7. The van der Waals surface area contributed by atoms with E-state index in [9.17, 15) is 9.59 Å². The molecule has 5 rings (SSSR count). The fourth-order valence-electron chi connectivity index (χ4n) is 3.64. The zero-order chi connectivity index (χ0) is 24.4. The normalized spacial score (nSPS) is 10.9. The molecular weight excluding hydrogens is 472 g/mol. The number of nitrogens with zero attached hydrogens (tertiary/aromatic N) is 7. The molecule has 0 aliphatic rings. The SMILES string of the molecule is COc1cn(CC(=O)Nc2ccc3nccnc3c2)c(=O)cc1-c1cc(Cl)ccc1-n1cnnn1. The minimum atomic E-state index is -0.400. The second kappa shape index (κ2) is 9.31. The summed E-state index contributed by atoms with van der Waals surface area (Å²) in [6.45, 7) is -0.219. The lowest BCUT2D eigenvalue weighted by molar-refractivity contribution is -0.116. The van der Waals surface area contributed by atoms with Crippen LogP contribution in [0, 0.1) is 0 Å². The van der Waals surface area contributed by atoms with Gasteiger partial charge in [-0.15, -0.1) is 5.10 Å². The number of ether oxygens (including phenoxy) is 1. The first-order chi connectivity index (χ1) is 17.0. The number of carbonyl (C=O) groups excluding carboxylic acids is 1. The second-order valence-corrected chi connectivity index (χ2v) is 7.88. The summed E-state index contributed by atoms with van der Waals surface area (Å²) >= 11 is 6.23. The maximum absolute atomic E-state index is 13.0. The van der Waals surface area contributed by atoms with Crippen LogP contribution in [0.2, 0.25) is 5.02 Å². The van der Waals surface area contributed by atoms with Gasteiger partial charge in [0.25, 0.3) is 5.56 Å². The molecule has 11 nitrogen and oxygen atoms in total. The van der Waals surface area contributed by atoms with E-state index >= 15 is 0 Å². The molecular formula is C23H17ClN8O3. The summed E-state index contributed by atoms with van der Waals surface area (Å²) in [4.78, 5) is 34.1. The van der Waals surface area contributed by atoms with Gasteiger partial charge in [0.2, 0.25) is 5.91 Å². The first-order valence-electron chi connectivity index (χ1n) is 10.3. The molecule has 0 radical (unpaired) electrons. The highest BCUT2D eigenvalue weighted by Crippen LogP contribution is 2.34. The fraction of sp³-hybridized carbons (Fsp3) is 0.0870. The van der Waals surface area contributed by atoms with E-state index in [1.54, 1.807) is 48.8 Å².